The first-order chi connectivity index (χ1) is 11.5. The molecule has 0 saturated carbocycles. The topological polar surface area (TPSA) is 57.6 Å². The molecule has 3 rings (SSSR count). The number of hydrogen-bond donors (Lipinski definition) is 1. The molecular formula is C19H17NO3S. The summed E-state index contributed by atoms with van der Waals surface area (Å²) in [6.45, 7) is 0. The van der Waals surface area contributed by atoms with Crippen molar-refractivity contribution in [2.45, 2.75) is 5.75 Å². The molecule has 0 amide bonds. The summed E-state index contributed by atoms with van der Waals surface area (Å²) in [5.74, 6) is -0.385. The van der Waals surface area contributed by atoms with E-state index >= 15 is 0 Å². The Kier molecular flexibility index (Phi) is 4.64. The number of nitrogens with zero attached hydrogens (tertiary/aromatic N) is 1. The average Bonchev–Trinajstić information content (AvgIpc) is 2.57. The zero-order valence-corrected chi connectivity index (χ0v) is 13.7. The van der Waals surface area contributed by atoms with Crippen molar-refractivity contribution in [3.8, 4) is 0 Å². The summed E-state index contributed by atoms with van der Waals surface area (Å²) in [5, 5.41) is 0. The number of hydrogen-bond acceptors (Lipinski definition) is 3. The van der Waals surface area contributed by atoms with Crippen LogP contribution in [0.3, 0.4) is 0 Å². The Hall–Kier alpha value is -2.63. The van der Waals surface area contributed by atoms with Crippen molar-refractivity contribution in [1.82, 2.24) is 0 Å². The molecule has 1 N–H and O–H groups in total. The van der Waals surface area contributed by atoms with E-state index in [1.165, 1.54) is 0 Å². The third-order valence-electron chi connectivity index (χ3n) is 3.57. The van der Waals surface area contributed by atoms with Crippen molar-refractivity contribution >= 4 is 27.2 Å². The van der Waals surface area contributed by atoms with Crippen LogP contribution < -0.4 is 4.90 Å². The van der Waals surface area contributed by atoms with Crippen molar-refractivity contribution < 1.29 is 13.0 Å². The van der Waals surface area contributed by atoms with Gasteiger partial charge in [0, 0.05) is 17.1 Å². The average molecular weight is 339 g/mol. The molecule has 0 bridgehead atoms. The van der Waals surface area contributed by atoms with Crippen molar-refractivity contribution in [2.24, 2.45) is 0 Å². The van der Waals surface area contributed by atoms with Gasteiger partial charge in [0.15, 0.2) is 0 Å². The van der Waals surface area contributed by atoms with E-state index in [0.29, 0.717) is 5.56 Å². The van der Waals surface area contributed by atoms with E-state index in [4.69, 9.17) is 4.55 Å². The highest BCUT2D eigenvalue weighted by Gasteiger charge is 2.12. The van der Waals surface area contributed by atoms with Gasteiger partial charge in [0.25, 0.3) is 10.1 Å². The molecule has 0 saturated heterocycles. The minimum atomic E-state index is -4.03. The number of rotatable bonds is 5. The Bertz CT molecular complexity index is 853. The first-order valence-electron chi connectivity index (χ1n) is 7.47. The minimum absolute atomic E-state index is 0.385. The van der Waals surface area contributed by atoms with E-state index in [1.807, 2.05) is 72.8 Å². The molecule has 122 valence electrons. The smallest absolute Gasteiger partial charge is 0.269 e. The molecule has 4 nitrogen and oxygen atoms in total. The molecule has 3 aromatic rings. The van der Waals surface area contributed by atoms with Gasteiger partial charge in [-0.15, -0.1) is 0 Å². The molecule has 0 atom stereocenters. The third-order valence-corrected chi connectivity index (χ3v) is 4.27. The Morgan fingerprint density at radius 2 is 1.08 bits per heavy atom. The fourth-order valence-electron chi connectivity index (χ4n) is 2.55. The van der Waals surface area contributed by atoms with E-state index < -0.39 is 10.1 Å². The van der Waals surface area contributed by atoms with Crippen molar-refractivity contribution in [3.63, 3.8) is 0 Å². The van der Waals surface area contributed by atoms with Crippen molar-refractivity contribution in [3.05, 3.63) is 90.5 Å². The molecule has 0 heterocycles. The molecule has 5 heteroatoms. The summed E-state index contributed by atoms with van der Waals surface area (Å²) < 4.78 is 31.0. The van der Waals surface area contributed by atoms with Crippen LogP contribution in [0, 0.1) is 0 Å². The molecule has 0 aliphatic rings. The molecule has 0 aliphatic heterocycles. The van der Waals surface area contributed by atoms with Gasteiger partial charge in [-0.05, 0) is 42.0 Å². The summed E-state index contributed by atoms with van der Waals surface area (Å²) in [4.78, 5) is 2.08. The molecule has 0 fully saturated rings. The molecule has 0 spiro atoms. The molecular weight excluding hydrogens is 322 g/mol. The second-order valence-corrected chi connectivity index (χ2v) is 6.85. The summed E-state index contributed by atoms with van der Waals surface area (Å²) in [5.41, 5.74) is 3.46. The van der Waals surface area contributed by atoms with E-state index in [-0.39, 0.29) is 5.75 Å². The molecule has 0 aliphatic carbocycles. The number of anilines is 3. The fraction of sp³-hybridized carbons (Fsp3) is 0.0526. The zero-order valence-electron chi connectivity index (χ0n) is 12.9. The van der Waals surface area contributed by atoms with Crippen LogP contribution >= 0.6 is 0 Å². The number of para-hydroxylation sites is 2. The van der Waals surface area contributed by atoms with Crippen LogP contribution in [-0.4, -0.2) is 13.0 Å². The van der Waals surface area contributed by atoms with Gasteiger partial charge in [-0.25, -0.2) is 0 Å². The van der Waals surface area contributed by atoms with Gasteiger partial charge in [0.2, 0.25) is 0 Å². The maximum atomic E-state index is 11.0. The lowest BCUT2D eigenvalue weighted by atomic mass is 10.1. The normalized spacial score (nSPS) is 11.2. The van der Waals surface area contributed by atoms with Crippen LogP contribution in [-0.2, 0) is 15.9 Å². The highest BCUT2D eigenvalue weighted by molar-refractivity contribution is 7.85. The molecule has 24 heavy (non-hydrogen) atoms. The molecule has 0 aromatic heterocycles. The van der Waals surface area contributed by atoms with Crippen LogP contribution in [0.5, 0.6) is 0 Å². The Labute approximate surface area is 141 Å². The summed E-state index contributed by atoms with van der Waals surface area (Å²) in [6, 6.07) is 27.0. The van der Waals surface area contributed by atoms with Gasteiger partial charge in [-0.3, -0.25) is 4.55 Å². The number of benzene rings is 3. The van der Waals surface area contributed by atoms with Crippen molar-refractivity contribution in [1.29, 1.82) is 0 Å². The summed E-state index contributed by atoms with van der Waals surface area (Å²) in [6.07, 6.45) is 0. The zero-order chi connectivity index (χ0) is 17.0. The van der Waals surface area contributed by atoms with Crippen LogP contribution in [0.1, 0.15) is 5.56 Å². The maximum Gasteiger partial charge on any atom is 0.269 e. The van der Waals surface area contributed by atoms with Crippen LogP contribution in [0.15, 0.2) is 84.9 Å². The Balaban J connectivity index is 2.00. The largest absolute Gasteiger partial charge is 0.311 e. The SMILES string of the molecule is O=S(=O)(O)Cc1ccc(N(c2ccccc2)c2ccccc2)cc1. The van der Waals surface area contributed by atoms with E-state index in [9.17, 15) is 8.42 Å². The van der Waals surface area contributed by atoms with E-state index in [0.717, 1.165) is 17.1 Å². The lowest BCUT2D eigenvalue weighted by Crippen LogP contribution is -2.10. The maximum absolute atomic E-state index is 11.0. The van der Waals surface area contributed by atoms with Crippen LogP contribution in [0.2, 0.25) is 0 Å². The monoisotopic (exact) mass is 339 g/mol. The van der Waals surface area contributed by atoms with E-state index in [2.05, 4.69) is 4.90 Å². The van der Waals surface area contributed by atoms with Gasteiger partial charge in [-0.2, -0.15) is 8.42 Å². The van der Waals surface area contributed by atoms with Crippen LogP contribution in [0.25, 0.3) is 0 Å². The Morgan fingerprint density at radius 3 is 1.50 bits per heavy atom. The fourth-order valence-corrected chi connectivity index (χ4v) is 3.17. The molecule has 3 aromatic carbocycles. The lowest BCUT2D eigenvalue weighted by molar-refractivity contribution is 0.482. The van der Waals surface area contributed by atoms with Crippen molar-refractivity contribution in [2.75, 3.05) is 4.90 Å². The standard InChI is InChI=1S/C19H17NO3S/c21-24(22,23)15-16-11-13-19(14-12-16)20(17-7-3-1-4-8-17)18-9-5-2-6-10-18/h1-14H,15H2,(H,21,22,23). The highest BCUT2D eigenvalue weighted by atomic mass is 32.2. The third kappa shape index (κ3) is 4.01. The summed E-state index contributed by atoms with van der Waals surface area (Å²) in [7, 11) is -4.03. The second kappa shape index (κ2) is 6.86. The first kappa shape index (κ1) is 16.2. The van der Waals surface area contributed by atoms with Gasteiger partial charge in [0.1, 0.15) is 5.75 Å². The first-order valence-corrected chi connectivity index (χ1v) is 9.08. The van der Waals surface area contributed by atoms with Gasteiger partial charge in [0.05, 0.1) is 0 Å². The quantitative estimate of drug-likeness (QED) is 0.693. The lowest BCUT2D eigenvalue weighted by Gasteiger charge is -2.25. The summed E-state index contributed by atoms with van der Waals surface area (Å²) >= 11 is 0. The second-order valence-electron chi connectivity index (χ2n) is 5.40. The molecule has 0 radical (unpaired) electrons. The minimum Gasteiger partial charge on any atom is -0.311 e. The van der Waals surface area contributed by atoms with Gasteiger partial charge < -0.3 is 4.90 Å². The van der Waals surface area contributed by atoms with Gasteiger partial charge >= 0.3 is 0 Å². The Morgan fingerprint density at radius 1 is 0.667 bits per heavy atom. The highest BCUT2D eigenvalue weighted by Crippen LogP contribution is 2.34. The predicted octanol–water partition coefficient (Wildman–Crippen LogP) is 4.54. The van der Waals surface area contributed by atoms with E-state index in [1.54, 1.807) is 12.1 Å². The molecule has 0 unspecified atom stereocenters. The predicted molar refractivity (Wildman–Crippen MR) is 96.4 cm³/mol. The van der Waals surface area contributed by atoms with Crippen LogP contribution in [0.4, 0.5) is 17.1 Å². The van der Waals surface area contributed by atoms with Gasteiger partial charge in [-0.1, -0.05) is 48.5 Å².